The van der Waals surface area contributed by atoms with Gasteiger partial charge in [-0.05, 0) is 38.1 Å². The molecule has 0 bridgehead atoms. The van der Waals surface area contributed by atoms with E-state index in [1.54, 1.807) is 0 Å². The standard InChI is InChI=1S/C18H37N/c1-3-5-6-7-8-9-10-11-18(19-16-4-2)15-14-17-12-13-17/h17-19H,3-16H2,1-2H3. The Hall–Kier alpha value is -0.0400. The van der Waals surface area contributed by atoms with Crippen LogP contribution in [-0.4, -0.2) is 12.6 Å². The average molecular weight is 268 g/mol. The van der Waals surface area contributed by atoms with Crippen LogP contribution in [0, 0.1) is 5.92 Å². The maximum Gasteiger partial charge on any atom is 0.00671 e. The Morgan fingerprint density at radius 1 is 0.842 bits per heavy atom. The predicted octanol–water partition coefficient (Wildman–Crippen LogP) is 5.69. The molecule has 0 aliphatic heterocycles. The highest BCUT2D eigenvalue weighted by molar-refractivity contribution is 4.76. The molecule has 0 saturated heterocycles. The zero-order chi connectivity index (χ0) is 13.8. The van der Waals surface area contributed by atoms with Gasteiger partial charge in [0.1, 0.15) is 0 Å². The summed E-state index contributed by atoms with van der Waals surface area (Å²) in [6, 6.07) is 0.816. The van der Waals surface area contributed by atoms with Crippen molar-refractivity contribution in [2.24, 2.45) is 5.92 Å². The van der Waals surface area contributed by atoms with Crippen molar-refractivity contribution in [1.82, 2.24) is 5.32 Å². The van der Waals surface area contributed by atoms with E-state index in [2.05, 4.69) is 19.2 Å². The van der Waals surface area contributed by atoms with Crippen molar-refractivity contribution < 1.29 is 0 Å². The number of hydrogen-bond acceptors (Lipinski definition) is 1. The maximum absolute atomic E-state index is 3.76. The third-order valence-electron chi connectivity index (χ3n) is 4.46. The number of hydrogen-bond donors (Lipinski definition) is 1. The molecule has 1 rings (SSSR count). The molecule has 0 radical (unpaired) electrons. The highest BCUT2D eigenvalue weighted by atomic mass is 14.9. The van der Waals surface area contributed by atoms with Gasteiger partial charge in [-0.1, -0.05) is 71.6 Å². The molecule has 1 fully saturated rings. The quantitative estimate of drug-likeness (QED) is 0.399. The SMILES string of the molecule is CCCCCCCCCC(CCC1CC1)NCCC. The normalized spacial score (nSPS) is 16.7. The molecule has 1 heteroatoms. The summed E-state index contributed by atoms with van der Waals surface area (Å²) in [7, 11) is 0. The molecule has 19 heavy (non-hydrogen) atoms. The van der Waals surface area contributed by atoms with Crippen LogP contribution in [0.4, 0.5) is 0 Å². The van der Waals surface area contributed by atoms with Gasteiger partial charge in [0, 0.05) is 6.04 Å². The lowest BCUT2D eigenvalue weighted by Gasteiger charge is -2.18. The fourth-order valence-electron chi connectivity index (χ4n) is 2.89. The Bertz CT molecular complexity index is 186. The largest absolute Gasteiger partial charge is 0.314 e. The summed E-state index contributed by atoms with van der Waals surface area (Å²) in [4.78, 5) is 0. The minimum atomic E-state index is 0.816. The Morgan fingerprint density at radius 2 is 1.53 bits per heavy atom. The summed E-state index contributed by atoms with van der Waals surface area (Å²) >= 11 is 0. The molecule has 1 unspecified atom stereocenters. The summed E-state index contributed by atoms with van der Waals surface area (Å²) in [5, 5.41) is 3.76. The number of nitrogens with one attached hydrogen (secondary N) is 1. The topological polar surface area (TPSA) is 12.0 Å². The zero-order valence-corrected chi connectivity index (χ0v) is 13.6. The molecule has 0 aromatic heterocycles. The fraction of sp³-hybridized carbons (Fsp3) is 1.00. The molecule has 1 nitrogen and oxygen atoms in total. The third kappa shape index (κ3) is 10.4. The van der Waals surface area contributed by atoms with Gasteiger partial charge >= 0.3 is 0 Å². The van der Waals surface area contributed by atoms with E-state index in [4.69, 9.17) is 0 Å². The molecule has 0 amide bonds. The first kappa shape index (κ1) is 17.0. The summed E-state index contributed by atoms with van der Waals surface area (Å²) in [6.45, 7) is 5.79. The van der Waals surface area contributed by atoms with Crippen LogP contribution >= 0.6 is 0 Å². The molecule has 0 aromatic carbocycles. The summed E-state index contributed by atoms with van der Waals surface area (Å²) in [6.07, 6.45) is 18.7. The lowest BCUT2D eigenvalue weighted by Crippen LogP contribution is -2.29. The van der Waals surface area contributed by atoms with E-state index in [-0.39, 0.29) is 0 Å². The van der Waals surface area contributed by atoms with Crippen molar-refractivity contribution in [2.75, 3.05) is 6.54 Å². The molecular formula is C18H37N. The monoisotopic (exact) mass is 267 g/mol. The van der Waals surface area contributed by atoms with Gasteiger partial charge in [-0.2, -0.15) is 0 Å². The van der Waals surface area contributed by atoms with Gasteiger partial charge in [-0.25, -0.2) is 0 Å². The summed E-state index contributed by atoms with van der Waals surface area (Å²) < 4.78 is 0. The number of rotatable bonds is 14. The van der Waals surface area contributed by atoms with Gasteiger partial charge < -0.3 is 5.32 Å². The Morgan fingerprint density at radius 3 is 2.16 bits per heavy atom. The van der Waals surface area contributed by atoms with E-state index < -0.39 is 0 Å². The van der Waals surface area contributed by atoms with E-state index in [0.717, 1.165) is 12.0 Å². The summed E-state index contributed by atoms with van der Waals surface area (Å²) in [5.74, 6) is 1.10. The van der Waals surface area contributed by atoms with E-state index in [0.29, 0.717) is 0 Å². The lowest BCUT2D eigenvalue weighted by atomic mass is 10.0. The van der Waals surface area contributed by atoms with Gasteiger partial charge in [0.05, 0.1) is 0 Å². The van der Waals surface area contributed by atoms with Gasteiger partial charge in [-0.15, -0.1) is 0 Å². The van der Waals surface area contributed by atoms with Gasteiger partial charge in [-0.3, -0.25) is 0 Å². The second-order valence-corrected chi connectivity index (χ2v) is 6.58. The van der Waals surface area contributed by atoms with Crippen LogP contribution < -0.4 is 5.32 Å². The third-order valence-corrected chi connectivity index (χ3v) is 4.46. The van der Waals surface area contributed by atoms with Crippen molar-refractivity contribution in [3.05, 3.63) is 0 Å². The van der Waals surface area contributed by atoms with Gasteiger partial charge in [0.15, 0.2) is 0 Å². The van der Waals surface area contributed by atoms with Crippen LogP contribution in [0.2, 0.25) is 0 Å². The molecule has 0 aromatic rings. The zero-order valence-electron chi connectivity index (χ0n) is 13.6. The highest BCUT2D eigenvalue weighted by Gasteiger charge is 2.22. The Kier molecular flexibility index (Phi) is 10.5. The maximum atomic E-state index is 3.76. The van der Waals surface area contributed by atoms with Crippen molar-refractivity contribution in [3.8, 4) is 0 Å². The van der Waals surface area contributed by atoms with Crippen LogP contribution in [-0.2, 0) is 0 Å². The van der Waals surface area contributed by atoms with Crippen molar-refractivity contribution in [3.63, 3.8) is 0 Å². The first-order chi connectivity index (χ1) is 9.36. The van der Waals surface area contributed by atoms with Gasteiger partial charge in [0.2, 0.25) is 0 Å². The molecule has 114 valence electrons. The molecule has 1 aliphatic carbocycles. The van der Waals surface area contributed by atoms with Crippen LogP contribution in [0.15, 0.2) is 0 Å². The first-order valence-corrected chi connectivity index (χ1v) is 9.10. The number of unbranched alkanes of at least 4 members (excludes halogenated alkanes) is 6. The van der Waals surface area contributed by atoms with Gasteiger partial charge in [0.25, 0.3) is 0 Å². The van der Waals surface area contributed by atoms with E-state index in [1.165, 1.54) is 90.0 Å². The second-order valence-electron chi connectivity index (χ2n) is 6.58. The molecular weight excluding hydrogens is 230 g/mol. The van der Waals surface area contributed by atoms with Crippen LogP contribution in [0.25, 0.3) is 0 Å². The Balaban J connectivity index is 1.95. The smallest absolute Gasteiger partial charge is 0.00671 e. The van der Waals surface area contributed by atoms with Crippen molar-refractivity contribution >= 4 is 0 Å². The van der Waals surface area contributed by atoms with E-state index in [1.807, 2.05) is 0 Å². The van der Waals surface area contributed by atoms with Crippen LogP contribution in [0.3, 0.4) is 0 Å². The average Bonchev–Trinajstić information content (AvgIpc) is 3.24. The fourth-order valence-corrected chi connectivity index (χ4v) is 2.89. The Labute approximate surface area is 121 Å². The minimum Gasteiger partial charge on any atom is -0.314 e. The minimum absolute atomic E-state index is 0.816. The molecule has 0 heterocycles. The van der Waals surface area contributed by atoms with Crippen LogP contribution in [0.5, 0.6) is 0 Å². The molecule has 1 saturated carbocycles. The second kappa shape index (κ2) is 11.8. The predicted molar refractivity (Wildman–Crippen MR) is 86.6 cm³/mol. The first-order valence-electron chi connectivity index (χ1n) is 9.10. The molecule has 1 aliphatic rings. The molecule has 0 spiro atoms. The van der Waals surface area contributed by atoms with E-state index in [9.17, 15) is 0 Å². The van der Waals surface area contributed by atoms with E-state index >= 15 is 0 Å². The highest BCUT2D eigenvalue weighted by Crippen LogP contribution is 2.34. The molecule has 1 atom stereocenters. The molecule has 1 N–H and O–H groups in total. The van der Waals surface area contributed by atoms with Crippen molar-refractivity contribution in [2.45, 2.75) is 103 Å². The summed E-state index contributed by atoms with van der Waals surface area (Å²) in [5.41, 5.74) is 0. The lowest BCUT2D eigenvalue weighted by molar-refractivity contribution is 0.412. The van der Waals surface area contributed by atoms with Crippen LogP contribution in [0.1, 0.15) is 97.3 Å². The van der Waals surface area contributed by atoms with Crippen molar-refractivity contribution in [1.29, 1.82) is 0 Å².